The summed E-state index contributed by atoms with van der Waals surface area (Å²) in [6, 6.07) is 0.362. The Morgan fingerprint density at radius 3 is 2.76 bits per heavy atom. The molecule has 0 aliphatic heterocycles. The zero-order valence-electron chi connectivity index (χ0n) is 12.5. The number of tetrazole rings is 1. The minimum atomic E-state index is 0.163. The Labute approximate surface area is 134 Å². The Morgan fingerprint density at radius 2 is 2.10 bits per heavy atom. The Bertz CT molecular complexity index is 459. The molecule has 1 aromatic rings. The van der Waals surface area contributed by atoms with Crippen molar-refractivity contribution < 1.29 is 4.79 Å². The van der Waals surface area contributed by atoms with Gasteiger partial charge in [-0.1, -0.05) is 11.8 Å². The molecule has 1 fully saturated rings. The summed E-state index contributed by atoms with van der Waals surface area (Å²) in [7, 11) is 3.56. The lowest BCUT2D eigenvalue weighted by molar-refractivity contribution is -0.128. The van der Waals surface area contributed by atoms with E-state index in [2.05, 4.69) is 15.5 Å². The molecule has 0 aromatic carbocycles. The van der Waals surface area contributed by atoms with Gasteiger partial charge in [-0.05, 0) is 42.5 Å². The lowest BCUT2D eigenvalue weighted by Crippen LogP contribution is -2.21. The summed E-state index contributed by atoms with van der Waals surface area (Å²) < 4.78 is 1.93. The summed E-state index contributed by atoms with van der Waals surface area (Å²) in [6.45, 7) is 0. The summed E-state index contributed by atoms with van der Waals surface area (Å²) in [6.07, 6.45) is 5.51. The Hall–Kier alpha value is -0.820. The van der Waals surface area contributed by atoms with Crippen molar-refractivity contribution in [2.75, 3.05) is 19.8 Å². The van der Waals surface area contributed by atoms with Crippen molar-refractivity contribution in [3.05, 3.63) is 0 Å². The van der Waals surface area contributed by atoms with Crippen molar-refractivity contribution in [1.29, 1.82) is 0 Å². The molecule has 118 valence electrons. The Balaban J connectivity index is 1.79. The molecule has 1 aromatic heterocycles. The number of hydrogen-bond donors (Lipinski definition) is 0. The highest BCUT2D eigenvalue weighted by Crippen LogP contribution is 2.32. The van der Waals surface area contributed by atoms with Crippen molar-refractivity contribution >= 4 is 29.3 Å². The maximum absolute atomic E-state index is 11.5. The van der Waals surface area contributed by atoms with Gasteiger partial charge in [-0.3, -0.25) is 4.79 Å². The molecule has 0 unspecified atom stereocenters. The third kappa shape index (κ3) is 4.85. The number of rotatable bonds is 6. The first-order valence-corrected chi connectivity index (χ1v) is 8.75. The number of carbonyl (C=O) groups is 1. The smallest absolute Gasteiger partial charge is 0.222 e. The molecule has 1 saturated carbocycles. The van der Waals surface area contributed by atoms with Crippen molar-refractivity contribution in [3.8, 4) is 0 Å². The molecular formula is C13H22ClN5OS. The van der Waals surface area contributed by atoms with Gasteiger partial charge in [0.15, 0.2) is 0 Å². The second-order valence-electron chi connectivity index (χ2n) is 5.55. The summed E-state index contributed by atoms with van der Waals surface area (Å²) in [5, 5.41) is 13.2. The van der Waals surface area contributed by atoms with Crippen LogP contribution in [0.5, 0.6) is 0 Å². The van der Waals surface area contributed by atoms with Crippen LogP contribution in [0, 0.1) is 0 Å². The molecular weight excluding hydrogens is 310 g/mol. The average Bonchev–Trinajstić information content (AvgIpc) is 2.92. The van der Waals surface area contributed by atoms with Gasteiger partial charge >= 0.3 is 0 Å². The first-order valence-electron chi connectivity index (χ1n) is 7.33. The molecule has 1 aliphatic rings. The highest BCUT2D eigenvalue weighted by molar-refractivity contribution is 7.99. The van der Waals surface area contributed by atoms with Crippen LogP contribution in [-0.2, 0) is 4.79 Å². The number of thioether (sulfide) groups is 1. The topological polar surface area (TPSA) is 63.9 Å². The molecule has 0 saturated heterocycles. The molecule has 2 rings (SSSR count). The maximum atomic E-state index is 11.5. The number of hydrogen-bond acceptors (Lipinski definition) is 5. The van der Waals surface area contributed by atoms with E-state index in [1.54, 1.807) is 30.8 Å². The van der Waals surface area contributed by atoms with E-state index < -0.39 is 0 Å². The molecule has 0 bridgehead atoms. The second-order valence-corrected chi connectivity index (χ2v) is 7.23. The third-order valence-corrected chi connectivity index (χ3v) is 5.16. The van der Waals surface area contributed by atoms with Gasteiger partial charge in [0.2, 0.25) is 11.1 Å². The fourth-order valence-electron chi connectivity index (χ4n) is 2.40. The van der Waals surface area contributed by atoms with Crippen LogP contribution in [0.25, 0.3) is 0 Å². The molecule has 0 spiro atoms. The molecule has 0 atom stereocenters. The van der Waals surface area contributed by atoms with Gasteiger partial charge in [0, 0.05) is 31.6 Å². The number of carbonyl (C=O) groups excluding carboxylic acids is 1. The average molecular weight is 332 g/mol. The van der Waals surface area contributed by atoms with Gasteiger partial charge < -0.3 is 4.90 Å². The number of alkyl halides is 1. The maximum Gasteiger partial charge on any atom is 0.222 e. The highest BCUT2D eigenvalue weighted by atomic mass is 35.5. The van der Waals surface area contributed by atoms with E-state index >= 15 is 0 Å². The molecule has 1 amide bonds. The standard InChI is InChI=1S/C13H22ClN5OS/c1-18(2)12(20)4-3-9-21-13-15-16-17-19(13)11-7-5-10(14)6-8-11/h10-11H,3-9H2,1-2H3. The van der Waals surface area contributed by atoms with Crippen LogP contribution in [-0.4, -0.2) is 56.2 Å². The number of amides is 1. The first-order chi connectivity index (χ1) is 10.1. The molecule has 6 nitrogen and oxygen atoms in total. The van der Waals surface area contributed by atoms with Crippen molar-refractivity contribution in [3.63, 3.8) is 0 Å². The van der Waals surface area contributed by atoms with Gasteiger partial charge in [0.05, 0.1) is 6.04 Å². The fourth-order valence-corrected chi connectivity index (χ4v) is 3.54. The Morgan fingerprint density at radius 1 is 1.38 bits per heavy atom. The Kier molecular flexibility index (Phi) is 6.29. The normalized spacial score (nSPS) is 22.2. The van der Waals surface area contributed by atoms with Gasteiger partial charge in [-0.2, -0.15) is 0 Å². The number of aromatic nitrogens is 4. The van der Waals surface area contributed by atoms with E-state index in [9.17, 15) is 4.79 Å². The molecule has 21 heavy (non-hydrogen) atoms. The molecule has 1 heterocycles. The first kappa shape index (κ1) is 16.5. The van der Waals surface area contributed by atoms with Crippen LogP contribution in [0.2, 0.25) is 0 Å². The van der Waals surface area contributed by atoms with Gasteiger partial charge in [-0.15, -0.1) is 16.7 Å². The van der Waals surface area contributed by atoms with E-state index in [1.807, 2.05) is 4.68 Å². The van der Waals surface area contributed by atoms with Gasteiger partial charge in [-0.25, -0.2) is 4.68 Å². The monoisotopic (exact) mass is 331 g/mol. The highest BCUT2D eigenvalue weighted by Gasteiger charge is 2.24. The van der Waals surface area contributed by atoms with Crippen LogP contribution in [0.3, 0.4) is 0 Å². The third-order valence-electron chi connectivity index (χ3n) is 3.70. The zero-order valence-corrected chi connectivity index (χ0v) is 14.1. The van der Waals surface area contributed by atoms with Crippen molar-refractivity contribution in [2.24, 2.45) is 0 Å². The second kappa shape index (κ2) is 7.98. The summed E-state index contributed by atoms with van der Waals surface area (Å²) in [5.41, 5.74) is 0. The predicted molar refractivity (Wildman–Crippen MR) is 83.6 cm³/mol. The largest absolute Gasteiger partial charge is 0.349 e. The van der Waals surface area contributed by atoms with Crippen LogP contribution >= 0.6 is 23.4 Å². The molecule has 1 aliphatic carbocycles. The van der Waals surface area contributed by atoms with E-state index in [4.69, 9.17) is 11.6 Å². The fraction of sp³-hybridized carbons (Fsp3) is 0.846. The summed E-state index contributed by atoms with van der Waals surface area (Å²) in [4.78, 5) is 13.1. The van der Waals surface area contributed by atoms with E-state index in [0.717, 1.165) is 43.0 Å². The van der Waals surface area contributed by atoms with Crippen molar-refractivity contribution in [2.45, 2.75) is 55.1 Å². The van der Waals surface area contributed by atoms with Crippen LogP contribution in [0.15, 0.2) is 5.16 Å². The van der Waals surface area contributed by atoms with E-state index in [0.29, 0.717) is 17.8 Å². The van der Waals surface area contributed by atoms with Gasteiger partial charge in [0.25, 0.3) is 0 Å². The van der Waals surface area contributed by atoms with E-state index in [-0.39, 0.29) is 5.91 Å². The number of halogens is 1. The summed E-state index contributed by atoms with van der Waals surface area (Å²) >= 11 is 7.76. The van der Waals surface area contributed by atoms with Crippen LogP contribution in [0.1, 0.15) is 44.6 Å². The minimum absolute atomic E-state index is 0.163. The molecule has 0 radical (unpaired) electrons. The van der Waals surface area contributed by atoms with Crippen LogP contribution in [0.4, 0.5) is 0 Å². The quantitative estimate of drug-likeness (QED) is 0.455. The minimum Gasteiger partial charge on any atom is -0.349 e. The lowest BCUT2D eigenvalue weighted by Gasteiger charge is -2.25. The van der Waals surface area contributed by atoms with Crippen molar-refractivity contribution in [1.82, 2.24) is 25.1 Å². The van der Waals surface area contributed by atoms with Gasteiger partial charge in [0.1, 0.15) is 0 Å². The molecule has 8 heteroatoms. The SMILES string of the molecule is CN(C)C(=O)CCCSc1nnnn1C1CCC(Cl)CC1. The van der Waals surface area contributed by atoms with E-state index in [1.165, 1.54) is 0 Å². The van der Waals surface area contributed by atoms with Crippen LogP contribution < -0.4 is 0 Å². The lowest BCUT2D eigenvalue weighted by atomic mass is 9.95. The zero-order chi connectivity index (χ0) is 15.2. The summed E-state index contributed by atoms with van der Waals surface area (Å²) in [5.74, 6) is 1.01. The molecule has 0 N–H and O–H groups in total. The number of nitrogens with zero attached hydrogens (tertiary/aromatic N) is 5. The predicted octanol–water partition coefficient (Wildman–Crippen LogP) is 2.36.